The lowest BCUT2D eigenvalue weighted by Crippen LogP contribution is -2.36. The van der Waals surface area contributed by atoms with Crippen molar-refractivity contribution in [3.8, 4) is 11.5 Å². The van der Waals surface area contributed by atoms with Crippen LogP contribution in [0.2, 0.25) is 0 Å². The molecule has 1 heterocycles. The summed E-state index contributed by atoms with van der Waals surface area (Å²) in [6.07, 6.45) is 0.103. The third-order valence-corrected chi connectivity index (χ3v) is 4.48. The molecule has 2 aromatic rings. The highest BCUT2D eigenvalue weighted by Gasteiger charge is 2.26. The van der Waals surface area contributed by atoms with Crippen LogP contribution in [0.5, 0.6) is 11.5 Å². The van der Waals surface area contributed by atoms with Gasteiger partial charge in [-0.15, -0.1) is 0 Å². The first-order valence-electron chi connectivity index (χ1n) is 9.17. The summed E-state index contributed by atoms with van der Waals surface area (Å²) in [5.74, 6) is 0.846. The second-order valence-corrected chi connectivity index (χ2v) is 6.38. The minimum atomic E-state index is -0.490. The number of para-hydroxylation sites is 1. The fraction of sp³-hybridized carbons (Fsp3) is 0.333. The number of hydrogen-bond acceptors (Lipinski definition) is 4. The van der Waals surface area contributed by atoms with E-state index >= 15 is 0 Å². The summed E-state index contributed by atoms with van der Waals surface area (Å²) in [5.41, 5.74) is 2.04. The highest BCUT2D eigenvalue weighted by molar-refractivity contribution is 5.98. The number of amides is 2. The van der Waals surface area contributed by atoms with Gasteiger partial charge in [0.25, 0.3) is 11.8 Å². The Morgan fingerprint density at radius 3 is 2.78 bits per heavy atom. The second kappa shape index (κ2) is 8.12. The van der Waals surface area contributed by atoms with E-state index in [-0.39, 0.29) is 17.9 Å². The van der Waals surface area contributed by atoms with Gasteiger partial charge in [0.1, 0.15) is 11.5 Å². The van der Waals surface area contributed by atoms with Gasteiger partial charge in [-0.3, -0.25) is 9.59 Å². The van der Waals surface area contributed by atoms with E-state index in [2.05, 4.69) is 10.6 Å². The average molecular weight is 368 g/mol. The van der Waals surface area contributed by atoms with Gasteiger partial charge < -0.3 is 20.1 Å². The fourth-order valence-corrected chi connectivity index (χ4v) is 2.99. The molecule has 0 fully saturated rings. The van der Waals surface area contributed by atoms with E-state index in [1.54, 1.807) is 18.2 Å². The van der Waals surface area contributed by atoms with E-state index in [1.807, 2.05) is 45.0 Å². The van der Waals surface area contributed by atoms with Gasteiger partial charge in [-0.2, -0.15) is 0 Å². The largest absolute Gasteiger partial charge is 0.493 e. The Labute approximate surface area is 158 Å². The second-order valence-electron chi connectivity index (χ2n) is 6.38. The third-order valence-electron chi connectivity index (χ3n) is 4.48. The molecule has 0 radical (unpaired) electrons. The topological polar surface area (TPSA) is 76.7 Å². The van der Waals surface area contributed by atoms with Crippen molar-refractivity contribution in [2.45, 2.75) is 39.3 Å². The first-order chi connectivity index (χ1) is 13.0. The molecule has 0 saturated heterocycles. The predicted octanol–water partition coefficient (Wildman–Crippen LogP) is 3.69. The maximum atomic E-state index is 12.7. The Balaban J connectivity index is 1.76. The normalized spacial score (nSPS) is 16.6. The van der Waals surface area contributed by atoms with Crippen LogP contribution in [0, 0.1) is 0 Å². The van der Waals surface area contributed by atoms with E-state index in [4.69, 9.17) is 9.47 Å². The molecule has 0 bridgehead atoms. The quantitative estimate of drug-likeness (QED) is 0.815. The number of fused-ring (bicyclic) bond motifs is 1. The third kappa shape index (κ3) is 4.05. The van der Waals surface area contributed by atoms with E-state index in [1.165, 1.54) is 0 Å². The molecule has 1 aliphatic rings. The van der Waals surface area contributed by atoms with Crippen LogP contribution in [0.1, 0.15) is 49.2 Å². The summed E-state index contributed by atoms with van der Waals surface area (Å²) in [6, 6.07) is 12.5. The van der Waals surface area contributed by atoms with Crippen molar-refractivity contribution >= 4 is 17.5 Å². The number of carbonyl (C=O) groups is 2. The number of anilines is 1. The molecule has 1 aliphatic heterocycles. The number of ether oxygens (including phenoxy) is 2. The molecule has 142 valence electrons. The van der Waals surface area contributed by atoms with Crippen LogP contribution in [-0.2, 0) is 4.79 Å². The van der Waals surface area contributed by atoms with Crippen LogP contribution in [0.15, 0.2) is 42.5 Å². The maximum absolute atomic E-state index is 12.7. The van der Waals surface area contributed by atoms with Crippen molar-refractivity contribution in [3.63, 3.8) is 0 Å². The van der Waals surface area contributed by atoms with E-state index in [0.717, 1.165) is 5.56 Å². The summed E-state index contributed by atoms with van der Waals surface area (Å²) in [6.45, 7) is 6.18. The summed E-state index contributed by atoms with van der Waals surface area (Å²) in [7, 11) is 0. The van der Waals surface area contributed by atoms with E-state index in [0.29, 0.717) is 35.8 Å². The molecule has 27 heavy (non-hydrogen) atoms. The lowest BCUT2D eigenvalue weighted by Gasteiger charge is -2.26. The van der Waals surface area contributed by atoms with Crippen LogP contribution < -0.4 is 20.1 Å². The van der Waals surface area contributed by atoms with Crippen molar-refractivity contribution in [2.24, 2.45) is 0 Å². The van der Waals surface area contributed by atoms with Crippen molar-refractivity contribution in [1.29, 1.82) is 0 Å². The average Bonchev–Trinajstić information content (AvgIpc) is 2.67. The zero-order valence-corrected chi connectivity index (χ0v) is 15.7. The van der Waals surface area contributed by atoms with E-state index < -0.39 is 6.10 Å². The molecule has 6 heteroatoms. The number of hydrogen-bond donors (Lipinski definition) is 2. The van der Waals surface area contributed by atoms with Crippen molar-refractivity contribution < 1.29 is 19.1 Å². The fourth-order valence-electron chi connectivity index (χ4n) is 2.99. The van der Waals surface area contributed by atoms with Gasteiger partial charge in [0.05, 0.1) is 23.9 Å². The molecule has 0 saturated carbocycles. The van der Waals surface area contributed by atoms with Crippen LogP contribution in [0.3, 0.4) is 0 Å². The van der Waals surface area contributed by atoms with Gasteiger partial charge in [0.2, 0.25) is 0 Å². The highest BCUT2D eigenvalue weighted by Crippen LogP contribution is 2.33. The molecule has 0 aliphatic carbocycles. The van der Waals surface area contributed by atoms with E-state index in [9.17, 15) is 9.59 Å². The zero-order valence-electron chi connectivity index (χ0n) is 15.7. The number of benzene rings is 2. The minimum Gasteiger partial charge on any atom is -0.493 e. The van der Waals surface area contributed by atoms with Gasteiger partial charge in [0.15, 0.2) is 6.10 Å². The molecular weight excluding hydrogens is 344 g/mol. The molecule has 0 spiro atoms. The summed E-state index contributed by atoms with van der Waals surface area (Å²) in [5, 5.41) is 5.84. The van der Waals surface area contributed by atoms with Gasteiger partial charge in [-0.25, -0.2) is 0 Å². The first kappa shape index (κ1) is 18.8. The van der Waals surface area contributed by atoms with Crippen molar-refractivity contribution in [2.75, 3.05) is 11.9 Å². The molecular formula is C21H24N2O4. The molecule has 3 rings (SSSR count). The van der Waals surface area contributed by atoms with Gasteiger partial charge in [-0.1, -0.05) is 25.1 Å². The van der Waals surface area contributed by atoms with Crippen LogP contribution >= 0.6 is 0 Å². The smallest absolute Gasteiger partial charge is 0.265 e. The lowest BCUT2D eigenvalue weighted by molar-refractivity contribution is -0.123. The molecule has 0 unspecified atom stereocenters. The standard InChI is InChI=1S/C21H24N2O4/c1-4-17-21(25)23-16-11-10-14(12-19(16)27-17)13(3)22-20(24)15-8-6-7-9-18(15)26-5-2/h6-13,17H,4-5H2,1-3H3,(H,22,24)(H,23,25)/t13-,17+/m0/s1. The summed E-state index contributed by atoms with van der Waals surface area (Å²) >= 11 is 0. The molecule has 2 atom stereocenters. The Morgan fingerprint density at radius 1 is 1.26 bits per heavy atom. The zero-order chi connectivity index (χ0) is 19.4. The maximum Gasteiger partial charge on any atom is 0.265 e. The number of rotatable bonds is 6. The van der Waals surface area contributed by atoms with Crippen LogP contribution in [0.4, 0.5) is 5.69 Å². The number of carbonyl (C=O) groups excluding carboxylic acids is 2. The Kier molecular flexibility index (Phi) is 5.64. The molecule has 0 aromatic heterocycles. The predicted molar refractivity (Wildman–Crippen MR) is 103 cm³/mol. The van der Waals surface area contributed by atoms with Gasteiger partial charge in [-0.05, 0) is 50.1 Å². The van der Waals surface area contributed by atoms with Crippen LogP contribution in [0.25, 0.3) is 0 Å². The molecule has 6 nitrogen and oxygen atoms in total. The summed E-state index contributed by atoms with van der Waals surface area (Å²) < 4.78 is 11.3. The van der Waals surface area contributed by atoms with Crippen LogP contribution in [-0.4, -0.2) is 24.5 Å². The summed E-state index contributed by atoms with van der Waals surface area (Å²) in [4.78, 5) is 24.6. The Morgan fingerprint density at radius 2 is 2.04 bits per heavy atom. The van der Waals surface area contributed by atoms with Gasteiger partial charge in [0, 0.05) is 0 Å². The molecule has 2 N–H and O–H groups in total. The Bertz CT molecular complexity index is 850. The monoisotopic (exact) mass is 368 g/mol. The first-order valence-corrected chi connectivity index (χ1v) is 9.17. The van der Waals surface area contributed by atoms with Gasteiger partial charge >= 0.3 is 0 Å². The SMILES string of the molecule is CCOc1ccccc1C(=O)N[C@@H](C)c1ccc2c(c1)O[C@H](CC)C(=O)N2. The lowest BCUT2D eigenvalue weighted by atomic mass is 10.0. The minimum absolute atomic E-state index is 0.133. The van der Waals surface area contributed by atoms with Crippen molar-refractivity contribution in [3.05, 3.63) is 53.6 Å². The number of nitrogens with one attached hydrogen (secondary N) is 2. The highest BCUT2D eigenvalue weighted by atomic mass is 16.5. The Hall–Kier alpha value is -3.02. The van der Waals surface area contributed by atoms with Crippen molar-refractivity contribution in [1.82, 2.24) is 5.32 Å². The molecule has 2 amide bonds. The molecule has 2 aromatic carbocycles.